The van der Waals surface area contributed by atoms with Crippen LogP contribution in [0, 0.1) is 0 Å². The van der Waals surface area contributed by atoms with Crippen molar-refractivity contribution < 1.29 is 0 Å². The fourth-order valence-electron chi connectivity index (χ4n) is 3.02. The fraction of sp³-hybridized carbons (Fsp3) is 0.176. The molecule has 1 aliphatic rings. The lowest BCUT2D eigenvalue weighted by Gasteiger charge is -2.31. The van der Waals surface area contributed by atoms with E-state index < -0.39 is 0 Å². The highest BCUT2D eigenvalue weighted by molar-refractivity contribution is 9.10. The highest BCUT2D eigenvalue weighted by atomic mass is 79.9. The molecule has 4 rings (SSSR count). The molecule has 1 N–H and O–H groups in total. The summed E-state index contributed by atoms with van der Waals surface area (Å²) in [5.74, 6) is 0.824. The number of anilines is 1. The lowest BCUT2D eigenvalue weighted by Crippen LogP contribution is -2.28. The minimum Gasteiger partial charge on any atom is -0.348 e. The molecular formula is C17H15BrN4. The molecule has 0 radical (unpaired) electrons. The number of fused-ring (bicyclic) bond motifs is 1. The molecule has 2 heterocycles. The minimum atomic E-state index is 0.182. The van der Waals surface area contributed by atoms with E-state index in [0.29, 0.717) is 0 Å². The smallest absolute Gasteiger partial charge is 0.222 e. The second-order valence-corrected chi connectivity index (χ2v) is 6.36. The summed E-state index contributed by atoms with van der Waals surface area (Å²) in [5, 5.41) is 7.89. The Kier molecular flexibility index (Phi) is 3.42. The Balaban J connectivity index is 1.75. The highest BCUT2D eigenvalue weighted by Crippen LogP contribution is 2.37. The summed E-state index contributed by atoms with van der Waals surface area (Å²) >= 11 is 3.56. The van der Waals surface area contributed by atoms with Crippen LogP contribution in [-0.2, 0) is 0 Å². The van der Waals surface area contributed by atoms with Crippen molar-refractivity contribution in [3.63, 3.8) is 0 Å². The molecule has 2 atom stereocenters. The average Bonchev–Trinajstić information content (AvgIpc) is 3.03. The molecule has 0 saturated heterocycles. The molecule has 22 heavy (non-hydrogen) atoms. The van der Waals surface area contributed by atoms with Gasteiger partial charge in [0, 0.05) is 4.47 Å². The molecule has 0 fully saturated rings. The molecule has 0 bridgehead atoms. The Hall–Kier alpha value is -2.14. The van der Waals surface area contributed by atoms with Gasteiger partial charge < -0.3 is 5.32 Å². The third-order valence-corrected chi connectivity index (χ3v) is 4.56. The zero-order valence-electron chi connectivity index (χ0n) is 11.9. The van der Waals surface area contributed by atoms with Crippen molar-refractivity contribution in [2.75, 3.05) is 5.32 Å². The van der Waals surface area contributed by atoms with E-state index >= 15 is 0 Å². The van der Waals surface area contributed by atoms with Gasteiger partial charge in [0.25, 0.3) is 0 Å². The van der Waals surface area contributed by atoms with Crippen LogP contribution in [0.25, 0.3) is 0 Å². The standard InChI is InChI=1S/C17H15BrN4/c18-14-8-4-7-13(9-14)16-10-15(12-5-2-1-3-6-12)21-17-19-11-20-22(16)17/h1-9,11,15-16H,10H2,(H,19,20,21)/t15-,16-/m1/s1. The molecular weight excluding hydrogens is 340 g/mol. The molecule has 110 valence electrons. The second-order valence-electron chi connectivity index (χ2n) is 5.44. The summed E-state index contributed by atoms with van der Waals surface area (Å²) < 4.78 is 3.06. The highest BCUT2D eigenvalue weighted by Gasteiger charge is 2.29. The fourth-order valence-corrected chi connectivity index (χ4v) is 3.43. The predicted octanol–water partition coefficient (Wildman–Crippen LogP) is 4.19. The van der Waals surface area contributed by atoms with Gasteiger partial charge in [0.1, 0.15) is 6.33 Å². The van der Waals surface area contributed by atoms with Crippen LogP contribution >= 0.6 is 15.9 Å². The molecule has 0 spiro atoms. The first-order valence-electron chi connectivity index (χ1n) is 7.28. The number of aromatic nitrogens is 3. The molecule has 1 aromatic heterocycles. The monoisotopic (exact) mass is 354 g/mol. The Bertz CT molecular complexity index is 784. The SMILES string of the molecule is Brc1cccc([C@H]2C[C@H](c3ccccc3)Nc3ncnn32)c1. The molecule has 0 saturated carbocycles. The van der Waals surface area contributed by atoms with E-state index in [1.54, 1.807) is 6.33 Å². The van der Waals surface area contributed by atoms with E-state index in [9.17, 15) is 0 Å². The first-order chi connectivity index (χ1) is 10.8. The van der Waals surface area contributed by atoms with E-state index in [4.69, 9.17) is 0 Å². The minimum absolute atomic E-state index is 0.182. The Morgan fingerprint density at radius 1 is 1.05 bits per heavy atom. The van der Waals surface area contributed by atoms with Gasteiger partial charge in [0.2, 0.25) is 5.95 Å². The van der Waals surface area contributed by atoms with Crippen LogP contribution in [-0.4, -0.2) is 14.8 Å². The van der Waals surface area contributed by atoms with Crippen molar-refractivity contribution in [1.29, 1.82) is 0 Å². The van der Waals surface area contributed by atoms with Gasteiger partial charge in [-0.05, 0) is 29.7 Å². The quantitative estimate of drug-likeness (QED) is 0.750. The van der Waals surface area contributed by atoms with E-state index in [0.717, 1.165) is 16.8 Å². The van der Waals surface area contributed by atoms with E-state index in [-0.39, 0.29) is 12.1 Å². The molecule has 3 aromatic rings. The van der Waals surface area contributed by atoms with Crippen LogP contribution in [0.5, 0.6) is 0 Å². The molecule has 5 heteroatoms. The number of benzene rings is 2. The molecule has 2 aromatic carbocycles. The lowest BCUT2D eigenvalue weighted by atomic mass is 9.93. The number of rotatable bonds is 2. The van der Waals surface area contributed by atoms with Crippen LogP contribution in [0.2, 0.25) is 0 Å². The van der Waals surface area contributed by atoms with Gasteiger partial charge in [0.15, 0.2) is 0 Å². The van der Waals surface area contributed by atoms with Gasteiger partial charge in [0.05, 0.1) is 12.1 Å². The van der Waals surface area contributed by atoms with Crippen molar-refractivity contribution in [3.8, 4) is 0 Å². The maximum absolute atomic E-state index is 4.40. The van der Waals surface area contributed by atoms with Crippen LogP contribution in [0.15, 0.2) is 65.4 Å². The predicted molar refractivity (Wildman–Crippen MR) is 89.7 cm³/mol. The zero-order valence-corrected chi connectivity index (χ0v) is 13.4. The molecule has 1 aliphatic heterocycles. The average molecular weight is 355 g/mol. The van der Waals surface area contributed by atoms with E-state index in [1.165, 1.54) is 11.1 Å². The number of halogens is 1. The van der Waals surface area contributed by atoms with Gasteiger partial charge in [-0.2, -0.15) is 10.1 Å². The Morgan fingerprint density at radius 2 is 1.86 bits per heavy atom. The summed E-state index contributed by atoms with van der Waals surface area (Å²) in [4.78, 5) is 4.36. The van der Waals surface area contributed by atoms with Gasteiger partial charge in [-0.25, -0.2) is 4.68 Å². The largest absolute Gasteiger partial charge is 0.348 e. The topological polar surface area (TPSA) is 42.7 Å². The van der Waals surface area contributed by atoms with Crippen LogP contribution < -0.4 is 5.32 Å². The van der Waals surface area contributed by atoms with Crippen molar-refractivity contribution in [2.45, 2.75) is 18.5 Å². The first-order valence-corrected chi connectivity index (χ1v) is 8.07. The van der Waals surface area contributed by atoms with Gasteiger partial charge in [-0.3, -0.25) is 0 Å². The molecule has 0 unspecified atom stereocenters. The van der Waals surface area contributed by atoms with Crippen LogP contribution in [0.1, 0.15) is 29.6 Å². The van der Waals surface area contributed by atoms with Gasteiger partial charge in [-0.1, -0.05) is 58.4 Å². The third kappa shape index (κ3) is 2.41. The summed E-state index contributed by atoms with van der Waals surface area (Å²) in [6.07, 6.45) is 2.55. The number of nitrogens with zero attached hydrogens (tertiary/aromatic N) is 3. The lowest BCUT2D eigenvalue weighted by molar-refractivity contribution is 0.430. The molecule has 0 amide bonds. The van der Waals surface area contributed by atoms with E-state index in [2.05, 4.69) is 73.8 Å². The number of hydrogen-bond donors (Lipinski definition) is 1. The maximum Gasteiger partial charge on any atom is 0.222 e. The number of nitrogens with one attached hydrogen (secondary N) is 1. The zero-order chi connectivity index (χ0) is 14.9. The van der Waals surface area contributed by atoms with Crippen LogP contribution in [0.4, 0.5) is 5.95 Å². The molecule has 4 nitrogen and oxygen atoms in total. The normalized spacial score (nSPS) is 20.2. The molecule has 0 aliphatic carbocycles. The number of hydrogen-bond acceptors (Lipinski definition) is 3. The summed E-state index contributed by atoms with van der Waals surface area (Å²) in [6.45, 7) is 0. The van der Waals surface area contributed by atoms with Crippen molar-refractivity contribution in [2.24, 2.45) is 0 Å². The second kappa shape index (κ2) is 5.57. The first kappa shape index (κ1) is 13.5. The Morgan fingerprint density at radius 3 is 2.68 bits per heavy atom. The van der Waals surface area contributed by atoms with Gasteiger partial charge >= 0.3 is 0 Å². The third-order valence-electron chi connectivity index (χ3n) is 4.07. The van der Waals surface area contributed by atoms with Gasteiger partial charge in [-0.15, -0.1) is 0 Å². The van der Waals surface area contributed by atoms with Crippen molar-refractivity contribution >= 4 is 21.9 Å². The maximum atomic E-state index is 4.40. The summed E-state index contributed by atoms with van der Waals surface area (Å²) in [7, 11) is 0. The van der Waals surface area contributed by atoms with E-state index in [1.807, 2.05) is 16.8 Å². The van der Waals surface area contributed by atoms with Crippen molar-refractivity contribution in [1.82, 2.24) is 14.8 Å². The summed E-state index contributed by atoms with van der Waals surface area (Å²) in [6, 6.07) is 19.3. The Labute approximate surface area is 137 Å². The summed E-state index contributed by atoms with van der Waals surface area (Å²) in [5.41, 5.74) is 2.51. The van der Waals surface area contributed by atoms with Crippen LogP contribution in [0.3, 0.4) is 0 Å². The van der Waals surface area contributed by atoms with Crippen molar-refractivity contribution in [3.05, 3.63) is 76.5 Å².